The van der Waals surface area contributed by atoms with Crippen molar-refractivity contribution in [1.82, 2.24) is 10.2 Å². The molecule has 0 atom stereocenters. The van der Waals surface area contributed by atoms with Crippen molar-refractivity contribution in [2.45, 2.75) is 32.6 Å². The van der Waals surface area contributed by atoms with Crippen LogP contribution in [0, 0.1) is 0 Å². The molecule has 1 aromatic heterocycles. The van der Waals surface area contributed by atoms with Gasteiger partial charge >= 0.3 is 0 Å². The van der Waals surface area contributed by atoms with Crippen LogP contribution >= 0.6 is 11.3 Å². The van der Waals surface area contributed by atoms with Gasteiger partial charge in [0.2, 0.25) is 5.13 Å². The molecular formula is C16H19N3O3S. The predicted octanol–water partition coefficient (Wildman–Crippen LogP) is 3.29. The summed E-state index contributed by atoms with van der Waals surface area (Å²) in [5, 5.41) is 12.4. The number of aromatic nitrogens is 2. The van der Waals surface area contributed by atoms with Gasteiger partial charge in [0.1, 0.15) is 18.2 Å². The van der Waals surface area contributed by atoms with Gasteiger partial charge in [-0.3, -0.25) is 10.1 Å². The zero-order valence-electron chi connectivity index (χ0n) is 13.0. The molecule has 7 heteroatoms. The first-order chi connectivity index (χ1) is 11.3. The van der Waals surface area contributed by atoms with Crippen LogP contribution in [-0.4, -0.2) is 29.3 Å². The van der Waals surface area contributed by atoms with Crippen LogP contribution < -0.4 is 14.8 Å². The van der Waals surface area contributed by atoms with Crippen molar-refractivity contribution in [3.8, 4) is 11.5 Å². The topological polar surface area (TPSA) is 73.3 Å². The molecule has 0 bridgehead atoms. The fourth-order valence-corrected chi connectivity index (χ4v) is 3.06. The molecule has 23 heavy (non-hydrogen) atoms. The third kappa shape index (κ3) is 3.98. The average molecular weight is 333 g/mol. The van der Waals surface area contributed by atoms with Gasteiger partial charge in [0.15, 0.2) is 11.5 Å². The van der Waals surface area contributed by atoms with Gasteiger partial charge in [0.25, 0.3) is 5.91 Å². The number of hydrogen-bond donors (Lipinski definition) is 1. The Hall–Kier alpha value is -2.15. The Morgan fingerprint density at radius 3 is 2.87 bits per heavy atom. The predicted molar refractivity (Wildman–Crippen MR) is 88.5 cm³/mol. The van der Waals surface area contributed by atoms with Crippen molar-refractivity contribution in [2.24, 2.45) is 0 Å². The van der Waals surface area contributed by atoms with E-state index in [0.29, 0.717) is 35.4 Å². The minimum Gasteiger partial charge on any atom is -0.486 e. The smallest absolute Gasteiger partial charge is 0.257 e. The van der Waals surface area contributed by atoms with E-state index < -0.39 is 0 Å². The zero-order valence-corrected chi connectivity index (χ0v) is 13.8. The van der Waals surface area contributed by atoms with Gasteiger partial charge in [-0.15, -0.1) is 10.2 Å². The van der Waals surface area contributed by atoms with Crippen LogP contribution in [0.15, 0.2) is 18.2 Å². The lowest BCUT2D eigenvalue weighted by Gasteiger charge is -2.18. The van der Waals surface area contributed by atoms with Gasteiger partial charge in [-0.2, -0.15) is 0 Å². The molecule has 1 N–H and O–H groups in total. The van der Waals surface area contributed by atoms with E-state index in [1.54, 1.807) is 18.2 Å². The first-order valence-corrected chi connectivity index (χ1v) is 8.61. The first kappa shape index (κ1) is 15.7. The second kappa shape index (κ2) is 7.41. The van der Waals surface area contributed by atoms with Crippen LogP contribution in [0.5, 0.6) is 11.5 Å². The standard InChI is InChI=1S/C16H19N3O3S/c1-2-3-4-5-14-18-19-16(23-14)17-15(20)11-6-7-12-13(10-11)22-9-8-21-12/h6-7,10H,2-5,8-9H2,1H3,(H,17,19,20). The minimum absolute atomic E-state index is 0.224. The minimum atomic E-state index is -0.224. The van der Waals surface area contributed by atoms with Crippen LogP contribution in [0.25, 0.3) is 0 Å². The molecule has 2 aromatic rings. The Morgan fingerprint density at radius 1 is 1.22 bits per heavy atom. The summed E-state index contributed by atoms with van der Waals surface area (Å²) < 4.78 is 10.9. The number of ether oxygens (including phenoxy) is 2. The van der Waals surface area contributed by atoms with E-state index in [0.717, 1.165) is 17.8 Å². The number of carbonyl (C=O) groups is 1. The number of amides is 1. The van der Waals surface area contributed by atoms with Gasteiger partial charge in [-0.25, -0.2) is 0 Å². The molecular weight excluding hydrogens is 314 g/mol. The number of benzene rings is 1. The normalized spacial score (nSPS) is 12.9. The van der Waals surface area contributed by atoms with Crippen LogP contribution in [0.3, 0.4) is 0 Å². The first-order valence-electron chi connectivity index (χ1n) is 7.79. The number of unbranched alkanes of at least 4 members (excludes halogenated alkanes) is 2. The number of anilines is 1. The van der Waals surface area contributed by atoms with E-state index in [4.69, 9.17) is 9.47 Å². The van der Waals surface area contributed by atoms with E-state index >= 15 is 0 Å². The molecule has 1 aromatic carbocycles. The highest BCUT2D eigenvalue weighted by molar-refractivity contribution is 7.15. The molecule has 0 radical (unpaired) electrons. The molecule has 1 aliphatic rings. The summed E-state index contributed by atoms with van der Waals surface area (Å²) in [6, 6.07) is 5.15. The second-order valence-electron chi connectivity index (χ2n) is 5.27. The molecule has 0 saturated heterocycles. The summed E-state index contributed by atoms with van der Waals surface area (Å²) in [5.74, 6) is 1.04. The number of carbonyl (C=O) groups excluding carboxylic acids is 1. The van der Waals surface area contributed by atoms with Gasteiger partial charge in [0.05, 0.1) is 0 Å². The Labute approximate surface area is 138 Å². The number of aryl methyl sites for hydroxylation is 1. The summed E-state index contributed by atoms with van der Waals surface area (Å²) in [6.45, 7) is 3.19. The molecule has 0 unspecified atom stereocenters. The van der Waals surface area contributed by atoms with Crippen molar-refractivity contribution >= 4 is 22.4 Å². The summed E-state index contributed by atoms with van der Waals surface area (Å²) in [4.78, 5) is 12.3. The molecule has 0 spiro atoms. The maximum atomic E-state index is 12.3. The Kier molecular flexibility index (Phi) is 5.07. The van der Waals surface area contributed by atoms with E-state index in [2.05, 4.69) is 22.4 Å². The number of fused-ring (bicyclic) bond motifs is 1. The van der Waals surface area contributed by atoms with Crippen LogP contribution in [0.2, 0.25) is 0 Å². The monoisotopic (exact) mass is 333 g/mol. The molecule has 1 amide bonds. The molecule has 1 aliphatic heterocycles. The van der Waals surface area contributed by atoms with E-state index in [1.807, 2.05) is 0 Å². The van der Waals surface area contributed by atoms with Gasteiger partial charge < -0.3 is 9.47 Å². The fraction of sp³-hybridized carbons (Fsp3) is 0.438. The summed E-state index contributed by atoms with van der Waals surface area (Å²) in [6.07, 6.45) is 4.36. The number of nitrogens with one attached hydrogen (secondary N) is 1. The molecule has 0 aliphatic carbocycles. The molecule has 2 heterocycles. The maximum Gasteiger partial charge on any atom is 0.257 e. The Morgan fingerprint density at radius 2 is 2.04 bits per heavy atom. The average Bonchev–Trinajstić information content (AvgIpc) is 3.02. The van der Waals surface area contributed by atoms with Gasteiger partial charge in [0, 0.05) is 12.0 Å². The molecule has 0 saturated carbocycles. The number of rotatable bonds is 6. The molecule has 6 nitrogen and oxygen atoms in total. The highest BCUT2D eigenvalue weighted by atomic mass is 32.1. The van der Waals surface area contributed by atoms with E-state index in [1.165, 1.54) is 24.2 Å². The van der Waals surface area contributed by atoms with E-state index in [-0.39, 0.29) is 5.91 Å². The lowest BCUT2D eigenvalue weighted by molar-refractivity contribution is 0.102. The largest absolute Gasteiger partial charge is 0.486 e. The third-order valence-corrected chi connectivity index (χ3v) is 4.38. The summed E-state index contributed by atoms with van der Waals surface area (Å²) in [5.41, 5.74) is 0.511. The lowest BCUT2D eigenvalue weighted by Crippen LogP contribution is -2.17. The highest BCUT2D eigenvalue weighted by Gasteiger charge is 2.16. The Balaban J connectivity index is 1.62. The molecule has 3 rings (SSSR count). The number of hydrogen-bond acceptors (Lipinski definition) is 6. The van der Waals surface area contributed by atoms with Crippen molar-refractivity contribution in [1.29, 1.82) is 0 Å². The highest BCUT2D eigenvalue weighted by Crippen LogP contribution is 2.31. The second-order valence-corrected chi connectivity index (χ2v) is 6.33. The van der Waals surface area contributed by atoms with Gasteiger partial charge in [-0.1, -0.05) is 31.1 Å². The van der Waals surface area contributed by atoms with Crippen molar-refractivity contribution in [2.75, 3.05) is 18.5 Å². The fourth-order valence-electron chi connectivity index (χ4n) is 2.29. The summed E-state index contributed by atoms with van der Waals surface area (Å²) in [7, 11) is 0. The maximum absolute atomic E-state index is 12.3. The van der Waals surface area contributed by atoms with Crippen molar-refractivity contribution in [3.63, 3.8) is 0 Å². The van der Waals surface area contributed by atoms with Crippen LogP contribution in [-0.2, 0) is 6.42 Å². The quantitative estimate of drug-likeness (QED) is 0.821. The van der Waals surface area contributed by atoms with E-state index in [9.17, 15) is 4.79 Å². The Bertz CT molecular complexity index is 687. The SMILES string of the molecule is CCCCCc1nnc(NC(=O)c2ccc3c(c2)OCCO3)s1. The zero-order chi connectivity index (χ0) is 16.1. The third-order valence-electron chi connectivity index (χ3n) is 3.49. The van der Waals surface area contributed by atoms with Crippen molar-refractivity contribution in [3.05, 3.63) is 28.8 Å². The number of nitrogens with zero attached hydrogens (tertiary/aromatic N) is 2. The van der Waals surface area contributed by atoms with Crippen LogP contribution in [0.1, 0.15) is 41.6 Å². The summed E-state index contributed by atoms with van der Waals surface area (Å²) >= 11 is 1.42. The van der Waals surface area contributed by atoms with Crippen LogP contribution in [0.4, 0.5) is 5.13 Å². The molecule has 0 fully saturated rings. The van der Waals surface area contributed by atoms with Crippen molar-refractivity contribution < 1.29 is 14.3 Å². The lowest BCUT2D eigenvalue weighted by atomic mass is 10.2. The van der Waals surface area contributed by atoms with Gasteiger partial charge in [-0.05, 0) is 24.6 Å². The molecule has 122 valence electrons.